The molecule has 1 unspecified atom stereocenters. The monoisotopic (exact) mass is 285 g/mol. The molecule has 1 aromatic rings. The highest BCUT2D eigenvalue weighted by molar-refractivity contribution is 7.91. The molecule has 0 aliphatic carbocycles. The van der Waals surface area contributed by atoms with Crippen molar-refractivity contribution in [2.45, 2.75) is 18.8 Å². The minimum atomic E-state index is -2.87. The summed E-state index contributed by atoms with van der Waals surface area (Å²) in [7, 11) is -1.03. The maximum absolute atomic E-state index is 13.9. The van der Waals surface area contributed by atoms with Gasteiger partial charge in [0.05, 0.1) is 11.5 Å². The van der Waals surface area contributed by atoms with E-state index in [9.17, 15) is 12.8 Å². The van der Waals surface area contributed by atoms with Crippen molar-refractivity contribution in [3.8, 4) is 0 Å². The Morgan fingerprint density at radius 1 is 1.32 bits per heavy atom. The van der Waals surface area contributed by atoms with E-state index in [1.807, 2.05) is 13.1 Å². The summed E-state index contributed by atoms with van der Waals surface area (Å²) < 4.78 is 36.9. The van der Waals surface area contributed by atoms with Gasteiger partial charge in [-0.25, -0.2) is 12.8 Å². The topological polar surface area (TPSA) is 46.2 Å². The molecule has 1 aliphatic rings. The highest BCUT2D eigenvalue weighted by atomic mass is 32.2. The fourth-order valence-corrected chi connectivity index (χ4v) is 4.36. The van der Waals surface area contributed by atoms with Crippen molar-refractivity contribution in [1.82, 2.24) is 5.32 Å². The molecule has 0 bridgehead atoms. The number of sulfone groups is 1. The van der Waals surface area contributed by atoms with Crippen LogP contribution in [-0.4, -0.2) is 33.5 Å². The Kier molecular flexibility index (Phi) is 4.58. The summed E-state index contributed by atoms with van der Waals surface area (Å²) >= 11 is 0. The van der Waals surface area contributed by atoms with Crippen molar-refractivity contribution >= 4 is 9.84 Å². The lowest BCUT2D eigenvalue weighted by molar-refractivity contribution is 0.367. The minimum absolute atomic E-state index is 0.0432. The predicted molar refractivity (Wildman–Crippen MR) is 74.4 cm³/mol. The van der Waals surface area contributed by atoms with Gasteiger partial charge in [-0.05, 0) is 37.4 Å². The Labute approximate surface area is 114 Å². The second-order valence-corrected chi connectivity index (χ2v) is 7.48. The van der Waals surface area contributed by atoms with Gasteiger partial charge in [-0.1, -0.05) is 18.2 Å². The molecule has 2 rings (SSSR count). The molecule has 19 heavy (non-hydrogen) atoms. The van der Waals surface area contributed by atoms with E-state index in [0.29, 0.717) is 24.9 Å². The fraction of sp³-hybridized carbons (Fsp3) is 0.571. The van der Waals surface area contributed by atoms with E-state index in [1.165, 1.54) is 6.07 Å². The normalized spacial score (nSPS) is 21.2. The van der Waals surface area contributed by atoms with Crippen molar-refractivity contribution in [2.24, 2.45) is 5.92 Å². The smallest absolute Gasteiger partial charge is 0.150 e. The molecule has 106 valence electrons. The van der Waals surface area contributed by atoms with E-state index < -0.39 is 9.84 Å². The molecule has 0 saturated carbocycles. The lowest BCUT2D eigenvalue weighted by atomic mass is 9.82. The fourth-order valence-electron chi connectivity index (χ4n) is 2.84. The summed E-state index contributed by atoms with van der Waals surface area (Å²) in [6.07, 6.45) is 1.26. The number of benzene rings is 1. The van der Waals surface area contributed by atoms with Gasteiger partial charge in [-0.3, -0.25) is 0 Å². The van der Waals surface area contributed by atoms with E-state index in [2.05, 4.69) is 5.32 Å². The van der Waals surface area contributed by atoms with Crippen LogP contribution in [-0.2, 0) is 9.84 Å². The van der Waals surface area contributed by atoms with Crippen LogP contribution in [0.4, 0.5) is 4.39 Å². The molecule has 0 spiro atoms. The molecule has 1 atom stereocenters. The molecular formula is C14H20FNO2S. The summed E-state index contributed by atoms with van der Waals surface area (Å²) in [5, 5.41) is 3.10. The standard InChI is InChI=1S/C14H20FNO2S/c1-16-10-13(12-4-2-3-5-14(12)15)11-6-8-19(17,18)9-7-11/h2-5,11,13,16H,6-10H2,1H3. The first-order chi connectivity index (χ1) is 9.03. The Morgan fingerprint density at radius 3 is 2.53 bits per heavy atom. The average Bonchev–Trinajstić information content (AvgIpc) is 2.38. The minimum Gasteiger partial charge on any atom is -0.319 e. The Hall–Kier alpha value is -0.940. The van der Waals surface area contributed by atoms with Gasteiger partial charge in [0.25, 0.3) is 0 Å². The van der Waals surface area contributed by atoms with Crippen LogP contribution in [0.25, 0.3) is 0 Å². The van der Waals surface area contributed by atoms with Crippen LogP contribution >= 0.6 is 0 Å². The summed E-state index contributed by atoms with van der Waals surface area (Å²) in [4.78, 5) is 0. The maximum Gasteiger partial charge on any atom is 0.150 e. The molecule has 1 saturated heterocycles. The summed E-state index contributed by atoms with van der Waals surface area (Å²) in [6, 6.07) is 6.79. The van der Waals surface area contributed by atoms with Gasteiger partial charge < -0.3 is 5.32 Å². The molecule has 0 aromatic heterocycles. The quantitative estimate of drug-likeness (QED) is 0.920. The number of nitrogens with one attached hydrogen (secondary N) is 1. The van der Waals surface area contributed by atoms with E-state index in [1.54, 1.807) is 12.1 Å². The summed E-state index contributed by atoms with van der Waals surface area (Å²) in [5.74, 6) is 0.532. The Morgan fingerprint density at radius 2 is 1.95 bits per heavy atom. The first-order valence-corrected chi connectivity index (χ1v) is 8.45. The van der Waals surface area contributed by atoms with Crippen LogP contribution in [0.2, 0.25) is 0 Å². The van der Waals surface area contributed by atoms with Gasteiger partial charge in [0.15, 0.2) is 0 Å². The van der Waals surface area contributed by atoms with Gasteiger partial charge in [0.1, 0.15) is 15.7 Å². The number of halogens is 1. The molecule has 3 nitrogen and oxygen atoms in total. The van der Waals surface area contributed by atoms with Gasteiger partial charge in [0, 0.05) is 12.5 Å². The highest BCUT2D eigenvalue weighted by Gasteiger charge is 2.31. The largest absolute Gasteiger partial charge is 0.319 e. The van der Waals surface area contributed by atoms with Crippen LogP contribution < -0.4 is 5.32 Å². The van der Waals surface area contributed by atoms with Crippen LogP contribution in [0.15, 0.2) is 24.3 Å². The highest BCUT2D eigenvalue weighted by Crippen LogP contribution is 2.34. The molecule has 1 aliphatic heterocycles. The number of hydrogen-bond donors (Lipinski definition) is 1. The van der Waals surface area contributed by atoms with E-state index in [0.717, 1.165) is 0 Å². The zero-order valence-electron chi connectivity index (χ0n) is 11.1. The van der Waals surface area contributed by atoms with Crippen molar-refractivity contribution in [1.29, 1.82) is 0 Å². The second-order valence-electron chi connectivity index (χ2n) is 5.17. The van der Waals surface area contributed by atoms with Gasteiger partial charge >= 0.3 is 0 Å². The van der Waals surface area contributed by atoms with Crippen molar-refractivity contribution < 1.29 is 12.8 Å². The van der Waals surface area contributed by atoms with Crippen LogP contribution in [0.3, 0.4) is 0 Å². The van der Waals surface area contributed by atoms with Crippen LogP contribution in [0.1, 0.15) is 24.3 Å². The molecule has 0 amide bonds. The van der Waals surface area contributed by atoms with Crippen molar-refractivity contribution in [2.75, 3.05) is 25.1 Å². The number of likely N-dealkylation sites (N-methyl/N-ethyl adjacent to an activating group) is 1. The number of rotatable bonds is 4. The van der Waals surface area contributed by atoms with E-state index in [4.69, 9.17) is 0 Å². The van der Waals surface area contributed by atoms with Crippen molar-refractivity contribution in [3.05, 3.63) is 35.6 Å². The molecule has 1 heterocycles. The molecule has 1 fully saturated rings. The molecule has 1 aromatic carbocycles. The van der Waals surface area contributed by atoms with Gasteiger partial charge in [-0.2, -0.15) is 0 Å². The summed E-state index contributed by atoms with van der Waals surface area (Å²) in [6.45, 7) is 0.672. The third kappa shape index (κ3) is 3.54. The first kappa shape index (κ1) is 14.5. The number of hydrogen-bond acceptors (Lipinski definition) is 3. The average molecular weight is 285 g/mol. The van der Waals surface area contributed by atoms with E-state index >= 15 is 0 Å². The Bertz CT molecular complexity index is 516. The van der Waals surface area contributed by atoms with Crippen molar-refractivity contribution in [3.63, 3.8) is 0 Å². The predicted octanol–water partition coefficient (Wildman–Crippen LogP) is 1.95. The maximum atomic E-state index is 13.9. The molecule has 5 heteroatoms. The van der Waals surface area contributed by atoms with Gasteiger partial charge in [-0.15, -0.1) is 0 Å². The molecule has 1 N–H and O–H groups in total. The zero-order chi connectivity index (χ0) is 13.9. The van der Waals surface area contributed by atoms with E-state index in [-0.39, 0.29) is 29.2 Å². The lowest BCUT2D eigenvalue weighted by Crippen LogP contribution is -2.32. The zero-order valence-corrected chi connectivity index (χ0v) is 11.9. The van der Waals surface area contributed by atoms with Crippen LogP contribution in [0, 0.1) is 11.7 Å². The summed E-state index contributed by atoms with van der Waals surface area (Å²) in [5.41, 5.74) is 0.696. The SMILES string of the molecule is CNCC(c1ccccc1F)C1CCS(=O)(=O)CC1. The van der Waals surface area contributed by atoms with Gasteiger partial charge in [0.2, 0.25) is 0 Å². The third-order valence-corrected chi connectivity index (χ3v) is 5.61. The van der Waals surface area contributed by atoms with Crippen LogP contribution in [0.5, 0.6) is 0 Å². The lowest BCUT2D eigenvalue weighted by Gasteiger charge is -2.30. The molecular weight excluding hydrogens is 265 g/mol. The Balaban J connectivity index is 2.19. The third-order valence-electron chi connectivity index (χ3n) is 3.90. The second kappa shape index (κ2) is 6.01. The molecule has 0 radical (unpaired) electrons. The first-order valence-electron chi connectivity index (χ1n) is 6.63.